The maximum Gasteiger partial charge on any atom is 0.164 e. The molecule has 0 aliphatic rings. The van der Waals surface area contributed by atoms with E-state index < -0.39 is 0 Å². The van der Waals surface area contributed by atoms with Gasteiger partial charge in [0.2, 0.25) is 0 Å². The van der Waals surface area contributed by atoms with E-state index in [1.54, 1.807) is 0 Å². The van der Waals surface area contributed by atoms with Crippen LogP contribution < -0.4 is 54.6 Å². The predicted molar refractivity (Wildman–Crippen MR) is 265 cm³/mol. The van der Waals surface area contributed by atoms with Gasteiger partial charge in [-0.15, -0.1) is 33.2 Å². The molecule has 0 saturated heterocycles. The van der Waals surface area contributed by atoms with E-state index in [9.17, 15) is 0 Å². The Morgan fingerprint density at radius 1 is 0.410 bits per heavy atom. The van der Waals surface area contributed by atoms with Crippen LogP contribution in [0.5, 0.6) is 0 Å². The Morgan fingerprint density at radius 3 is 1.56 bits per heavy atom. The van der Waals surface area contributed by atoms with E-state index in [1.807, 2.05) is 102 Å². The summed E-state index contributed by atoms with van der Waals surface area (Å²) < 4.78 is 9.98. The van der Waals surface area contributed by atoms with Crippen LogP contribution >= 0.6 is 11.3 Å². The first-order valence-corrected chi connectivity index (χ1v) is 19.8. The van der Waals surface area contributed by atoms with Crippen molar-refractivity contribution < 1.29 is 4.42 Å². The van der Waals surface area contributed by atoms with Crippen molar-refractivity contribution in [1.82, 2.24) is 19.5 Å². The third kappa shape index (κ3) is 5.37. The fourth-order valence-electron chi connectivity index (χ4n) is 8.52. The van der Waals surface area contributed by atoms with Crippen molar-refractivity contribution in [3.8, 4) is 39.9 Å². The molecular weight excluding hydrogens is 753 g/mol. The van der Waals surface area contributed by atoms with Crippen LogP contribution in [-0.4, -0.2) is 98.0 Å². The lowest BCUT2D eigenvalue weighted by Gasteiger charge is -2.17. The van der Waals surface area contributed by atoms with Crippen molar-refractivity contribution in [2.24, 2.45) is 0 Å². The van der Waals surface area contributed by atoms with Gasteiger partial charge in [-0.2, -0.15) is 0 Å². The van der Waals surface area contributed by atoms with Crippen LogP contribution in [0.2, 0.25) is 0 Å². The summed E-state index contributed by atoms with van der Waals surface area (Å²) in [5.41, 5.74) is 7.01. The molecule has 7 aromatic carbocycles. The summed E-state index contributed by atoms with van der Waals surface area (Å²) in [4.78, 5) is 14.7. The number of rotatable bonds is 4. The fraction of sp³-hybridized carbons (Fsp3) is 0. The molecule has 0 aliphatic carbocycles. The number of hydrogen-bond donors (Lipinski definition) is 0. The van der Waals surface area contributed by atoms with Crippen molar-refractivity contribution in [2.45, 2.75) is 0 Å². The molecular formula is C45H16B10N4OS. The van der Waals surface area contributed by atoms with Crippen LogP contribution in [-0.2, 0) is 0 Å². The second kappa shape index (κ2) is 13.8. The summed E-state index contributed by atoms with van der Waals surface area (Å²) in [6, 6.07) is 31.3. The highest BCUT2D eigenvalue weighted by Gasteiger charge is 2.27. The van der Waals surface area contributed by atoms with Crippen LogP contribution in [0.4, 0.5) is 0 Å². The zero-order chi connectivity index (χ0) is 42.2. The first-order valence-electron chi connectivity index (χ1n) is 19.0. The fourth-order valence-corrected chi connectivity index (χ4v) is 9.87. The third-order valence-corrected chi connectivity index (χ3v) is 12.8. The summed E-state index contributed by atoms with van der Waals surface area (Å²) in [6.45, 7) is 0. The molecule has 0 fully saturated rings. The molecule has 11 aromatic rings. The van der Waals surface area contributed by atoms with Crippen LogP contribution in [0.15, 0.2) is 101 Å². The van der Waals surface area contributed by atoms with Crippen molar-refractivity contribution >= 4 is 208 Å². The highest BCUT2D eigenvalue weighted by molar-refractivity contribution is 7.28. The summed E-state index contributed by atoms with van der Waals surface area (Å²) in [6.07, 6.45) is 0. The average Bonchev–Trinajstić information content (AvgIpc) is 3.99. The van der Waals surface area contributed by atoms with Gasteiger partial charge < -0.3 is 8.98 Å². The molecule has 0 spiro atoms. The molecule has 61 heavy (non-hydrogen) atoms. The number of fused-ring (bicyclic) bond motifs is 10. The molecule has 11 rings (SSSR count). The third-order valence-electron chi connectivity index (χ3n) is 11.6. The van der Waals surface area contributed by atoms with Crippen LogP contribution in [0.3, 0.4) is 0 Å². The molecule has 4 aromatic heterocycles. The normalized spacial score (nSPS) is 11.9. The minimum absolute atomic E-state index is 0.116. The van der Waals surface area contributed by atoms with E-state index in [-0.39, 0.29) is 54.6 Å². The van der Waals surface area contributed by atoms with E-state index in [2.05, 4.69) is 0 Å². The standard InChI is InChI=1S/C45H16B10N4OS/c46-28-24-27-39(35(53)30(48)25-26-29(47)32(50)34(52)37(55)42(26)61-41(25)27)59(38(24)36(54)33(51)31(28)49)22-13-7-12-21-20-15-14-19(16-23(20)60-40(21)22)45-57-43(17-8-3-1-4-9-17)56-44(58-45)18-10-5-2-6-11-18/h1-16H. The van der Waals surface area contributed by atoms with Gasteiger partial charge in [0.15, 0.2) is 23.1 Å². The second-order valence-electron chi connectivity index (χ2n) is 14.9. The van der Waals surface area contributed by atoms with E-state index in [0.717, 1.165) is 27.5 Å². The summed E-state index contributed by atoms with van der Waals surface area (Å²) >= 11 is 1.33. The van der Waals surface area contributed by atoms with Crippen molar-refractivity contribution in [3.05, 3.63) is 97.1 Å². The molecule has 20 radical (unpaired) electrons. The lowest BCUT2D eigenvalue weighted by atomic mass is 9.64. The first kappa shape index (κ1) is 38.0. The lowest BCUT2D eigenvalue weighted by molar-refractivity contribution is 0.666. The van der Waals surface area contributed by atoms with Crippen LogP contribution in [0.25, 0.3) is 104 Å². The van der Waals surface area contributed by atoms with Gasteiger partial charge in [-0.1, -0.05) is 112 Å². The van der Waals surface area contributed by atoms with Crippen molar-refractivity contribution in [1.29, 1.82) is 0 Å². The van der Waals surface area contributed by atoms with Crippen LogP contribution in [0.1, 0.15) is 0 Å². The molecule has 0 unspecified atom stereocenters. The average molecular weight is 769 g/mol. The quantitative estimate of drug-likeness (QED) is 0.240. The van der Waals surface area contributed by atoms with Gasteiger partial charge in [-0.3, -0.25) is 0 Å². The Kier molecular flexibility index (Phi) is 8.57. The zero-order valence-electron chi connectivity index (χ0n) is 32.1. The van der Waals surface area contributed by atoms with E-state index in [0.29, 0.717) is 76.3 Å². The minimum Gasteiger partial charge on any atom is -0.454 e. The van der Waals surface area contributed by atoms with Gasteiger partial charge in [0.25, 0.3) is 0 Å². The molecule has 0 amide bonds. The molecule has 16 heteroatoms. The molecule has 0 aliphatic heterocycles. The number of nitrogens with zero attached hydrogens (tertiary/aromatic N) is 4. The highest BCUT2D eigenvalue weighted by atomic mass is 32.1. The number of benzene rings is 7. The lowest BCUT2D eigenvalue weighted by Crippen LogP contribution is -2.48. The Balaban J connectivity index is 1.21. The monoisotopic (exact) mass is 770 g/mol. The van der Waals surface area contributed by atoms with Crippen molar-refractivity contribution in [2.75, 3.05) is 0 Å². The van der Waals surface area contributed by atoms with Gasteiger partial charge in [0, 0.05) is 58.7 Å². The summed E-state index contributed by atoms with van der Waals surface area (Å²) in [7, 11) is 66.9. The topological polar surface area (TPSA) is 56.7 Å². The highest BCUT2D eigenvalue weighted by Crippen LogP contribution is 2.42. The van der Waals surface area contributed by atoms with Crippen LogP contribution in [0, 0.1) is 0 Å². The zero-order valence-corrected chi connectivity index (χ0v) is 32.9. The summed E-state index contributed by atoms with van der Waals surface area (Å²) in [5.74, 6) is 1.57. The first-order chi connectivity index (χ1) is 29.4. The predicted octanol–water partition coefficient (Wildman–Crippen LogP) is 0.175. The van der Waals surface area contributed by atoms with Gasteiger partial charge in [0.1, 0.15) is 84.0 Å². The number of para-hydroxylation sites is 1. The van der Waals surface area contributed by atoms with Gasteiger partial charge >= 0.3 is 0 Å². The van der Waals surface area contributed by atoms with Gasteiger partial charge in [-0.25, -0.2) is 15.0 Å². The number of thiophene rings is 1. The van der Waals surface area contributed by atoms with E-state index in [4.69, 9.17) is 97.8 Å². The van der Waals surface area contributed by atoms with Gasteiger partial charge in [-0.05, 0) is 29.0 Å². The second-order valence-corrected chi connectivity index (χ2v) is 16.0. The SMILES string of the molecule is [B]c1c([B])c([B])c2c(sc3c2c([B])c([B])c2c3c3c([B])c([B])c([B])c([B])c3n2-c2cccc3c2oc2cc(-c4nc(-c5ccccc5)nc(-c5ccccc5)n4)ccc23)c1[B]. The Morgan fingerprint density at radius 2 is 0.918 bits per heavy atom. The molecule has 0 N–H and O–H groups in total. The Labute approximate surface area is 367 Å². The smallest absolute Gasteiger partial charge is 0.164 e. The molecule has 0 bridgehead atoms. The maximum atomic E-state index is 7.12. The molecule has 5 nitrogen and oxygen atoms in total. The van der Waals surface area contributed by atoms with Crippen molar-refractivity contribution in [3.63, 3.8) is 0 Å². The molecule has 258 valence electrons. The Bertz CT molecular complexity index is 3660. The molecule has 4 heterocycles. The summed E-state index contributed by atoms with van der Waals surface area (Å²) in [5, 5.41) is 3.86. The molecule has 0 saturated carbocycles. The Hall–Kier alpha value is -5.98. The van der Waals surface area contributed by atoms with Gasteiger partial charge in [0.05, 0.1) is 5.69 Å². The largest absolute Gasteiger partial charge is 0.454 e. The number of hydrogen-bond acceptors (Lipinski definition) is 5. The maximum absolute atomic E-state index is 7.12. The van der Waals surface area contributed by atoms with E-state index in [1.165, 1.54) is 11.3 Å². The minimum atomic E-state index is 0.116. The number of aromatic nitrogens is 4. The number of furan rings is 1. The van der Waals surface area contributed by atoms with E-state index >= 15 is 0 Å². The molecule has 0 atom stereocenters.